The summed E-state index contributed by atoms with van der Waals surface area (Å²) in [6.07, 6.45) is 7.14. The van der Waals surface area contributed by atoms with Crippen LogP contribution in [0.1, 0.15) is 57.2 Å². The van der Waals surface area contributed by atoms with Gasteiger partial charge in [0.05, 0.1) is 17.9 Å². The van der Waals surface area contributed by atoms with E-state index < -0.39 is 11.4 Å². The van der Waals surface area contributed by atoms with Crippen LogP contribution < -0.4 is 25.8 Å². The monoisotopic (exact) mass is 749 g/mol. The molecule has 14 heteroatoms. The van der Waals surface area contributed by atoms with Crippen molar-refractivity contribution in [3.05, 3.63) is 58.4 Å². The van der Waals surface area contributed by atoms with Crippen LogP contribution in [0.3, 0.4) is 0 Å². The van der Waals surface area contributed by atoms with E-state index >= 15 is 4.39 Å². The summed E-state index contributed by atoms with van der Waals surface area (Å²) in [7, 11) is 2.16. The predicted octanol–water partition coefficient (Wildman–Crippen LogP) is 4.38. The van der Waals surface area contributed by atoms with Crippen LogP contribution in [0.4, 0.5) is 15.8 Å². The van der Waals surface area contributed by atoms with Crippen LogP contribution in [0.15, 0.2) is 41.2 Å². The van der Waals surface area contributed by atoms with E-state index in [9.17, 15) is 14.4 Å². The Balaban J connectivity index is 0.805. The van der Waals surface area contributed by atoms with E-state index in [0.717, 1.165) is 102 Å². The van der Waals surface area contributed by atoms with Crippen LogP contribution in [0.25, 0.3) is 10.9 Å². The number of carbonyl (C=O) groups is 2. The van der Waals surface area contributed by atoms with Crippen molar-refractivity contribution in [3.63, 3.8) is 0 Å². The topological polar surface area (TPSA) is 132 Å². The molecule has 2 amide bonds. The predicted molar refractivity (Wildman–Crippen MR) is 206 cm³/mol. The molecule has 12 nitrogen and oxygen atoms in total. The summed E-state index contributed by atoms with van der Waals surface area (Å²) in [6, 6.07) is 11.3. The molecule has 0 bridgehead atoms. The summed E-state index contributed by atoms with van der Waals surface area (Å²) < 4.78 is 26.5. The van der Waals surface area contributed by atoms with Crippen LogP contribution in [0, 0.1) is 11.7 Å². The van der Waals surface area contributed by atoms with Gasteiger partial charge in [-0.3, -0.25) is 19.7 Å². The fraction of sp³-hybridized carbons (Fsp3) is 0.590. The standard InChI is InChI=1S/C39H52FN7O5S/c1-45(28-4-2-27(3-5-28)41-33-6-7-36(48)44-38(33)49)29-10-16-47(17-11-29)19-18-46-14-8-26(9-15-46)24-52-30-22-32(40)37-34(23-30)42-35(43-39(37)50)25-53-31-12-20-51-21-13-31/h2-5,22-23,26,29,31,33,41H,6-21,24-25H2,1H3,(H,42,43,50)(H,44,48,49). The molecular weight excluding hydrogens is 698 g/mol. The lowest BCUT2D eigenvalue weighted by Crippen LogP contribution is -2.47. The van der Waals surface area contributed by atoms with Gasteiger partial charge in [0.1, 0.15) is 28.8 Å². The number of H-pyrrole nitrogens is 1. The molecule has 286 valence electrons. The number of fused-ring (bicyclic) bond motifs is 1. The van der Waals surface area contributed by atoms with Gasteiger partial charge < -0.3 is 34.5 Å². The van der Waals surface area contributed by atoms with Gasteiger partial charge in [0.15, 0.2) is 0 Å². The summed E-state index contributed by atoms with van der Waals surface area (Å²) >= 11 is 1.76. The zero-order chi connectivity index (χ0) is 36.7. The highest BCUT2D eigenvalue weighted by molar-refractivity contribution is 7.99. The summed E-state index contributed by atoms with van der Waals surface area (Å²) in [5.41, 5.74) is 1.93. The number of likely N-dealkylation sites (tertiary alicyclic amines) is 2. The number of nitrogens with one attached hydrogen (secondary N) is 3. The number of rotatable bonds is 13. The summed E-state index contributed by atoms with van der Waals surface area (Å²) in [4.78, 5) is 51.1. The quantitative estimate of drug-likeness (QED) is 0.215. The van der Waals surface area contributed by atoms with Crippen molar-refractivity contribution in [3.8, 4) is 5.75 Å². The number of hydrogen-bond donors (Lipinski definition) is 3. The highest BCUT2D eigenvalue weighted by Crippen LogP contribution is 2.28. The van der Waals surface area contributed by atoms with Gasteiger partial charge in [-0.25, -0.2) is 9.37 Å². The highest BCUT2D eigenvalue weighted by atomic mass is 32.2. The first-order chi connectivity index (χ1) is 25.8. The molecule has 5 heterocycles. The van der Waals surface area contributed by atoms with E-state index in [4.69, 9.17) is 9.47 Å². The lowest BCUT2D eigenvalue weighted by Gasteiger charge is -2.39. The SMILES string of the molecule is CN(c1ccc(NC2CCC(=O)NC2=O)cc1)C1CCN(CCN2CCC(COc3cc(F)c4c(=O)[nH]c(CSC5CCOCC5)nc4c3)CC2)CC1. The molecule has 0 spiro atoms. The van der Waals surface area contributed by atoms with E-state index in [1.807, 2.05) is 12.1 Å². The van der Waals surface area contributed by atoms with Crippen molar-refractivity contribution >= 4 is 45.9 Å². The maximum absolute atomic E-state index is 15.0. The zero-order valence-corrected chi connectivity index (χ0v) is 31.4. The Bertz CT molecular complexity index is 1770. The molecule has 4 aliphatic heterocycles. The number of aromatic amines is 1. The first kappa shape index (κ1) is 37.6. The Labute approximate surface area is 314 Å². The molecule has 2 aromatic carbocycles. The maximum Gasteiger partial charge on any atom is 0.261 e. The molecule has 0 saturated carbocycles. The van der Waals surface area contributed by atoms with Gasteiger partial charge in [-0.1, -0.05) is 0 Å². The number of aromatic nitrogens is 2. The number of benzene rings is 2. The second-order valence-electron chi connectivity index (χ2n) is 14.9. The fourth-order valence-electron chi connectivity index (χ4n) is 7.88. The number of anilines is 2. The number of thioether (sulfide) groups is 1. The van der Waals surface area contributed by atoms with Crippen LogP contribution in [0.5, 0.6) is 5.75 Å². The number of hydrogen-bond acceptors (Lipinski definition) is 11. The molecule has 53 heavy (non-hydrogen) atoms. The van der Waals surface area contributed by atoms with Gasteiger partial charge in [0.25, 0.3) is 5.56 Å². The third-order valence-electron chi connectivity index (χ3n) is 11.3. The van der Waals surface area contributed by atoms with E-state index in [1.165, 1.54) is 6.07 Å². The van der Waals surface area contributed by atoms with Gasteiger partial charge in [0.2, 0.25) is 11.8 Å². The molecule has 4 saturated heterocycles. The minimum absolute atomic E-state index is 0.0189. The Kier molecular flexibility index (Phi) is 12.5. The van der Waals surface area contributed by atoms with Crippen LogP contribution in [-0.4, -0.2) is 115 Å². The summed E-state index contributed by atoms with van der Waals surface area (Å²) in [5.74, 6) is 0.886. The largest absolute Gasteiger partial charge is 0.493 e. The normalized spacial score (nSPS) is 21.5. The van der Waals surface area contributed by atoms with Crippen molar-refractivity contribution in [2.45, 2.75) is 74.5 Å². The molecule has 1 unspecified atom stereocenters. The molecule has 7 rings (SSSR count). The summed E-state index contributed by atoms with van der Waals surface area (Å²) in [6.45, 7) is 8.38. The average molecular weight is 750 g/mol. The Hall–Kier alpha value is -3.72. The Morgan fingerprint density at radius 1 is 0.962 bits per heavy atom. The third-order valence-corrected chi connectivity index (χ3v) is 12.7. The van der Waals surface area contributed by atoms with E-state index in [0.29, 0.717) is 59.5 Å². The van der Waals surface area contributed by atoms with Crippen molar-refractivity contribution in [2.75, 3.05) is 76.4 Å². The lowest BCUT2D eigenvalue weighted by atomic mass is 9.97. The van der Waals surface area contributed by atoms with E-state index in [1.54, 1.807) is 17.8 Å². The Morgan fingerprint density at radius 3 is 2.36 bits per heavy atom. The van der Waals surface area contributed by atoms with Gasteiger partial charge in [-0.05, 0) is 88.2 Å². The molecule has 4 aliphatic rings. The molecule has 0 radical (unpaired) electrons. The number of carbonyl (C=O) groups excluding carboxylic acids is 2. The number of nitrogens with zero attached hydrogens (tertiary/aromatic N) is 4. The molecule has 3 aromatic rings. The van der Waals surface area contributed by atoms with Gasteiger partial charge in [0, 0.05) is 87.7 Å². The second kappa shape index (κ2) is 17.6. The maximum atomic E-state index is 15.0. The van der Waals surface area contributed by atoms with Crippen molar-refractivity contribution in [1.29, 1.82) is 0 Å². The fourth-order valence-corrected chi connectivity index (χ4v) is 8.93. The smallest absolute Gasteiger partial charge is 0.261 e. The molecule has 4 fully saturated rings. The van der Waals surface area contributed by atoms with Gasteiger partial charge in [-0.2, -0.15) is 11.8 Å². The number of imide groups is 1. The summed E-state index contributed by atoms with van der Waals surface area (Å²) in [5, 5.41) is 6.11. The van der Waals surface area contributed by atoms with E-state index in [2.05, 4.69) is 54.5 Å². The van der Waals surface area contributed by atoms with Crippen LogP contribution >= 0.6 is 11.8 Å². The zero-order valence-electron chi connectivity index (χ0n) is 30.6. The molecule has 0 aliphatic carbocycles. The third kappa shape index (κ3) is 9.88. The first-order valence-electron chi connectivity index (χ1n) is 19.2. The van der Waals surface area contributed by atoms with Gasteiger partial charge in [-0.15, -0.1) is 0 Å². The minimum Gasteiger partial charge on any atom is -0.493 e. The Morgan fingerprint density at radius 2 is 1.66 bits per heavy atom. The van der Waals surface area contributed by atoms with Crippen molar-refractivity contribution < 1.29 is 23.5 Å². The highest BCUT2D eigenvalue weighted by Gasteiger charge is 2.27. The lowest BCUT2D eigenvalue weighted by molar-refractivity contribution is -0.133. The van der Waals surface area contributed by atoms with Gasteiger partial charge >= 0.3 is 0 Å². The molecule has 1 atom stereocenters. The van der Waals surface area contributed by atoms with Crippen molar-refractivity contribution in [1.82, 2.24) is 25.1 Å². The number of halogens is 1. The van der Waals surface area contributed by atoms with E-state index in [-0.39, 0.29) is 23.2 Å². The second-order valence-corrected chi connectivity index (χ2v) is 16.2. The molecule has 3 N–H and O–H groups in total. The number of piperidine rings is 3. The van der Waals surface area contributed by atoms with Crippen LogP contribution in [0.2, 0.25) is 0 Å². The molecular formula is C39H52FN7O5S. The first-order valence-corrected chi connectivity index (χ1v) is 20.2. The minimum atomic E-state index is -0.601. The molecule has 1 aromatic heterocycles. The number of ether oxygens (including phenoxy) is 2. The van der Waals surface area contributed by atoms with Crippen molar-refractivity contribution in [2.24, 2.45) is 5.92 Å². The average Bonchev–Trinajstić information content (AvgIpc) is 3.17. The van der Waals surface area contributed by atoms with Crippen LogP contribution in [-0.2, 0) is 20.1 Å². The number of amides is 2.